The average Bonchev–Trinajstić information content (AvgIpc) is 2.88. The number of rotatable bonds is 32. The van der Waals surface area contributed by atoms with Crippen LogP contribution in [0.15, 0.2) is 0 Å². The Bertz CT molecular complexity index is 435. The molecule has 0 spiro atoms. The number of hydrogen-bond donors (Lipinski definition) is 1. The van der Waals surface area contributed by atoms with E-state index in [1.165, 1.54) is 186 Å². The predicted molar refractivity (Wildman–Crippen MR) is 173 cm³/mol. The number of hydrogen-bond acceptors (Lipinski definition) is 1. The first-order valence-corrected chi connectivity index (χ1v) is 18.0. The van der Waals surface area contributed by atoms with E-state index < -0.39 is 0 Å². The second kappa shape index (κ2) is 29.9. The fourth-order valence-corrected chi connectivity index (χ4v) is 6.06. The Morgan fingerprint density at radius 1 is 0.395 bits per heavy atom. The highest BCUT2D eigenvalue weighted by molar-refractivity contribution is 4.57. The molecule has 0 aromatic carbocycles. The molecule has 230 valence electrons. The van der Waals surface area contributed by atoms with Gasteiger partial charge in [0, 0.05) is 0 Å². The molecule has 0 bridgehead atoms. The standard InChI is InChI=1S/C36H76NO/c1-5-7-9-11-13-15-17-19-20-21-22-24-26-28-30-32-34-37(3,4)35-36(38)33-31-29-27-25-23-18-16-14-12-10-8-6-2/h36,38H,5-35H2,1-4H3/q+1. The van der Waals surface area contributed by atoms with Crippen molar-refractivity contribution in [3.05, 3.63) is 0 Å². The Kier molecular flexibility index (Phi) is 29.8. The lowest BCUT2D eigenvalue weighted by Crippen LogP contribution is -2.45. The number of aliphatic hydroxyl groups excluding tert-OH is 1. The van der Waals surface area contributed by atoms with Crippen molar-refractivity contribution >= 4 is 0 Å². The van der Waals surface area contributed by atoms with Crippen molar-refractivity contribution in [2.75, 3.05) is 27.2 Å². The first-order chi connectivity index (χ1) is 18.5. The van der Waals surface area contributed by atoms with Crippen molar-refractivity contribution < 1.29 is 9.59 Å². The summed E-state index contributed by atoms with van der Waals surface area (Å²) in [5, 5.41) is 10.6. The van der Waals surface area contributed by atoms with Gasteiger partial charge in [-0.1, -0.05) is 181 Å². The summed E-state index contributed by atoms with van der Waals surface area (Å²) in [4.78, 5) is 0. The molecule has 38 heavy (non-hydrogen) atoms. The first-order valence-electron chi connectivity index (χ1n) is 18.0. The van der Waals surface area contributed by atoms with Crippen molar-refractivity contribution in [2.24, 2.45) is 0 Å². The molecule has 2 nitrogen and oxygen atoms in total. The second-order valence-corrected chi connectivity index (χ2v) is 13.5. The van der Waals surface area contributed by atoms with Crippen molar-refractivity contribution in [3.8, 4) is 0 Å². The Morgan fingerprint density at radius 3 is 0.974 bits per heavy atom. The Morgan fingerprint density at radius 2 is 0.658 bits per heavy atom. The molecule has 1 N–H and O–H groups in total. The molecule has 1 atom stereocenters. The SMILES string of the molecule is CCCCCCCCCCCCCCCCCC[N+](C)(C)CC(O)CCCCCCCCCCCCCC. The lowest BCUT2D eigenvalue weighted by molar-refractivity contribution is -0.893. The van der Waals surface area contributed by atoms with Crippen LogP contribution in [0.5, 0.6) is 0 Å². The van der Waals surface area contributed by atoms with Crippen LogP contribution in [0.2, 0.25) is 0 Å². The summed E-state index contributed by atoms with van der Waals surface area (Å²) in [6, 6.07) is 0. The third-order valence-electron chi connectivity index (χ3n) is 8.71. The quantitative estimate of drug-likeness (QED) is 0.0667. The minimum Gasteiger partial charge on any atom is -0.387 e. The van der Waals surface area contributed by atoms with Gasteiger partial charge < -0.3 is 9.59 Å². The molecule has 0 heterocycles. The zero-order valence-electron chi connectivity index (χ0n) is 27.4. The molecular weight excluding hydrogens is 462 g/mol. The number of nitrogens with zero attached hydrogens (tertiary/aromatic N) is 1. The van der Waals surface area contributed by atoms with Crippen LogP contribution >= 0.6 is 0 Å². The largest absolute Gasteiger partial charge is 0.387 e. The number of quaternary nitrogens is 1. The first kappa shape index (κ1) is 37.9. The zero-order chi connectivity index (χ0) is 28.0. The van der Waals surface area contributed by atoms with E-state index in [2.05, 4.69) is 27.9 Å². The molecule has 0 saturated carbocycles. The highest BCUT2D eigenvalue weighted by Crippen LogP contribution is 2.16. The minimum absolute atomic E-state index is 0.117. The third kappa shape index (κ3) is 30.5. The summed E-state index contributed by atoms with van der Waals surface area (Å²) in [5.41, 5.74) is 0. The van der Waals surface area contributed by atoms with Gasteiger partial charge in [0.15, 0.2) is 0 Å². The molecule has 0 aliphatic rings. The molecular formula is C36H76NO+. The Labute approximate surface area is 242 Å². The summed E-state index contributed by atoms with van der Waals surface area (Å²) in [5.74, 6) is 0. The van der Waals surface area contributed by atoms with Crippen molar-refractivity contribution in [2.45, 2.75) is 206 Å². The summed E-state index contributed by atoms with van der Waals surface area (Å²) >= 11 is 0. The molecule has 0 aromatic heterocycles. The van der Waals surface area contributed by atoms with Gasteiger partial charge in [-0.2, -0.15) is 0 Å². The van der Waals surface area contributed by atoms with Gasteiger partial charge in [0.05, 0.1) is 20.6 Å². The van der Waals surface area contributed by atoms with Crippen LogP contribution < -0.4 is 0 Å². The fraction of sp³-hybridized carbons (Fsp3) is 1.00. The fourth-order valence-electron chi connectivity index (χ4n) is 6.06. The van der Waals surface area contributed by atoms with Gasteiger partial charge in [-0.05, 0) is 19.3 Å². The lowest BCUT2D eigenvalue weighted by atomic mass is 10.0. The van der Waals surface area contributed by atoms with E-state index in [0.717, 1.165) is 17.4 Å². The van der Waals surface area contributed by atoms with Crippen LogP contribution in [0.4, 0.5) is 0 Å². The molecule has 0 rings (SSSR count). The molecule has 0 amide bonds. The molecule has 0 aliphatic carbocycles. The summed E-state index contributed by atoms with van der Waals surface area (Å²) < 4.78 is 0.984. The predicted octanol–water partition coefficient (Wildman–Crippen LogP) is 11.8. The maximum absolute atomic E-state index is 10.6. The topological polar surface area (TPSA) is 20.2 Å². The molecule has 2 heteroatoms. The number of unbranched alkanes of at least 4 members (excludes halogenated alkanes) is 26. The van der Waals surface area contributed by atoms with Crippen molar-refractivity contribution in [1.29, 1.82) is 0 Å². The van der Waals surface area contributed by atoms with Crippen LogP contribution in [0.1, 0.15) is 200 Å². The smallest absolute Gasteiger partial charge is 0.105 e. The highest BCUT2D eigenvalue weighted by Gasteiger charge is 2.19. The molecule has 0 radical (unpaired) electrons. The zero-order valence-corrected chi connectivity index (χ0v) is 27.4. The molecule has 0 aromatic rings. The van der Waals surface area contributed by atoms with E-state index in [0.29, 0.717) is 0 Å². The minimum atomic E-state index is -0.117. The van der Waals surface area contributed by atoms with Crippen LogP contribution in [0, 0.1) is 0 Å². The maximum atomic E-state index is 10.6. The van der Waals surface area contributed by atoms with Crippen LogP contribution in [0.25, 0.3) is 0 Å². The van der Waals surface area contributed by atoms with Crippen LogP contribution in [-0.4, -0.2) is 42.9 Å². The molecule has 0 saturated heterocycles. The number of likely N-dealkylation sites (N-methyl/N-ethyl adjacent to an activating group) is 1. The molecule has 0 fully saturated rings. The van der Waals surface area contributed by atoms with Gasteiger partial charge in [0.25, 0.3) is 0 Å². The van der Waals surface area contributed by atoms with Gasteiger partial charge in [0.1, 0.15) is 12.6 Å². The second-order valence-electron chi connectivity index (χ2n) is 13.5. The summed E-state index contributed by atoms with van der Waals surface area (Å²) in [6.07, 6.45) is 40.4. The molecule has 0 aliphatic heterocycles. The van der Waals surface area contributed by atoms with E-state index in [-0.39, 0.29) is 6.10 Å². The van der Waals surface area contributed by atoms with Crippen LogP contribution in [0.3, 0.4) is 0 Å². The lowest BCUT2D eigenvalue weighted by Gasteiger charge is -2.32. The van der Waals surface area contributed by atoms with E-state index in [4.69, 9.17) is 0 Å². The highest BCUT2D eigenvalue weighted by atomic mass is 16.3. The summed E-state index contributed by atoms with van der Waals surface area (Å²) in [6.45, 7) is 6.74. The summed E-state index contributed by atoms with van der Waals surface area (Å²) in [7, 11) is 4.63. The Balaban J connectivity index is 3.40. The average molecular weight is 539 g/mol. The van der Waals surface area contributed by atoms with Gasteiger partial charge in [-0.3, -0.25) is 0 Å². The van der Waals surface area contributed by atoms with E-state index in [1.54, 1.807) is 0 Å². The van der Waals surface area contributed by atoms with Gasteiger partial charge in [-0.15, -0.1) is 0 Å². The van der Waals surface area contributed by atoms with E-state index in [9.17, 15) is 5.11 Å². The Hall–Kier alpha value is -0.0800. The van der Waals surface area contributed by atoms with E-state index in [1.807, 2.05) is 0 Å². The normalized spacial score (nSPS) is 12.9. The monoisotopic (exact) mass is 539 g/mol. The third-order valence-corrected chi connectivity index (χ3v) is 8.71. The number of aliphatic hydroxyl groups is 1. The molecule has 1 unspecified atom stereocenters. The van der Waals surface area contributed by atoms with Gasteiger partial charge in [-0.25, -0.2) is 0 Å². The van der Waals surface area contributed by atoms with Gasteiger partial charge in [0.2, 0.25) is 0 Å². The van der Waals surface area contributed by atoms with Gasteiger partial charge >= 0.3 is 0 Å². The maximum Gasteiger partial charge on any atom is 0.105 e. The van der Waals surface area contributed by atoms with Crippen molar-refractivity contribution in [1.82, 2.24) is 0 Å². The van der Waals surface area contributed by atoms with Crippen LogP contribution in [-0.2, 0) is 0 Å². The van der Waals surface area contributed by atoms with Crippen molar-refractivity contribution in [3.63, 3.8) is 0 Å². The van der Waals surface area contributed by atoms with E-state index >= 15 is 0 Å².